The van der Waals surface area contributed by atoms with E-state index in [4.69, 9.17) is 4.74 Å². The van der Waals surface area contributed by atoms with Gasteiger partial charge in [-0.3, -0.25) is 0 Å². The van der Waals surface area contributed by atoms with Gasteiger partial charge in [-0.25, -0.2) is 4.68 Å². The van der Waals surface area contributed by atoms with E-state index in [9.17, 15) is 5.11 Å². The van der Waals surface area contributed by atoms with E-state index >= 15 is 0 Å². The van der Waals surface area contributed by atoms with Crippen molar-refractivity contribution in [1.82, 2.24) is 19.6 Å². The van der Waals surface area contributed by atoms with Gasteiger partial charge in [0.25, 0.3) is 0 Å². The van der Waals surface area contributed by atoms with Gasteiger partial charge in [0, 0.05) is 30.3 Å². The number of aromatic nitrogens is 4. The van der Waals surface area contributed by atoms with Crippen LogP contribution in [0.2, 0.25) is 0 Å². The van der Waals surface area contributed by atoms with Crippen LogP contribution in [-0.2, 0) is 7.05 Å². The van der Waals surface area contributed by atoms with Crippen LogP contribution in [0.15, 0.2) is 54.9 Å². The van der Waals surface area contributed by atoms with E-state index in [0.29, 0.717) is 0 Å². The second kappa shape index (κ2) is 5.42. The molecule has 2 heterocycles. The summed E-state index contributed by atoms with van der Waals surface area (Å²) in [6.45, 7) is 0. The normalized spacial score (nSPS) is 11.1. The van der Waals surface area contributed by atoms with Crippen LogP contribution in [0, 0.1) is 0 Å². The standard InChI is InChI=1S/C18H16N4O2/c1-21-8-7-13-9-14(23)10-16(18(13)21)22-17(11-19-20-22)12-3-5-15(24-2)6-4-12/h3-11,23H,1-2H3. The van der Waals surface area contributed by atoms with E-state index in [1.807, 2.05) is 48.1 Å². The van der Waals surface area contributed by atoms with E-state index in [2.05, 4.69) is 10.3 Å². The molecule has 0 saturated carbocycles. The third kappa shape index (κ3) is 2.20. The first-order chi connectivity index (χ1) is 11.7. The quantitative estimate of drug-likeness (QED) is 0.630. The summed E-state index contributed by atoms with van der Waals surface area (Å²) in [4.78, 5) is 0. The van der Waals surface area contributed by atoms with Gasteiger partial charge in [0.15, 0.2) is 0 Å². The fourth-order valence-electron chi connectivity index (χ4n) is 2.94. The van der Waals surface area contributed by atoms with Crippen molar-refractivity contribution in [3.8, 4) is 28.4 Å². The lowest BCUT2D eigenvalue weighted by Gasteiger charge is -2.10. The largest absolute Gasteiger partial charge is 0.508 e. The zero-order valence-electron chi connectivity index (χ0n) is 13.3. The summed E-state index contributed by atoms with van der Waals surface area (Å²) >= 11 is 0. The van der Waals surface area contributed by atoms with Gasteiger partial charge in [-0.15, -0.1) is 5.10 Å². The lowest BCUT2D eigenvalue weighted by Crippen LogP contribution is -2.02. The molecule has 0 aliphatic carbocycles. The topological polar surface area (TPSA) is 65.1 Å². The Morgan fingerprint density at radius 1 is 1.08 bits per heavy atom. The van der Waals surface area contributed by atoms with E-state index in [1.165, 1.54) is 0 Å². The highest BCUT2D eigenvalue weighted by atomic mass is 16.5. The highest BCUT2D eigenvalue weighted by Gasteiger charge is 2.15. The van der Waals surface area contributed by atoms with Gasteiger partial charge in [-0.1, -0.05) is 5.21 Å². The van der Waals surface area contributed by atoms with Gasteiger partial charge in [0.05, 0.1) is 30.2 Å². The molecule has 0 spiro atoms. The smallest absolute Gasteiger partial charge is 0.118 e. The molecule has 0 aliphatic rings. The molecule has 2 aromatic heterocycles. The van der Waals surface area contributed by atoms with Gasteiger partial charge in [0.2, 0.25) is 0 Å². The molecule has 0 aliphatic heterocycles. The van der Waals surface area contributed by atoms with Gasteiger partial charge >= 0.3 is 0 Å². The number of hydrogen-bond donors (Lipinski definition) is 1. The molecular formula is C18H16N4O2. The molecule has 0 bridgehead atoms. The molecule has 0 radical (unpaired) electrons. The molecule has 4 rings (SSSR count). The average molecular weight is 320 g/mol. The summed E-state index contributed by atoms with van der Waals surface area (Å²) in [6, 6.07) is 13.1. The number of aromatic hydroxyl groups is 1. The molecule has 0 saturated heterocycles. The molecule has 0 atom stereocenters. The molecule has 0 unspecified atom stereocenters. The van der Waals surface area contributed by atoms with Gasteiger partial charge < -0.3 is 14.4 Å². The monoisotopic (exact) mass is 320 g/mol. The number of phenolic OH excluding ortho intramolecular Hbond substituents is 1. The number of hydrogen-bond acceptors (Lipinski definition) is 4. The molecule has 6 nitrogen and oxygen atoms in total. The number of ether oxygens (including phenoxy) is 1. The number of aryl methyl sites for hydroxylation is 1. The summed E-state index contributed by atoms with van der Waals surface area (Å²) in [7, 11) is 3.60. The second-order valence-electron chi connectivity index (χ2n) is 5.59. The Morgan fingerprint density at radius 3 is 2.62 bits per heavy atom. The van der Waals surface area contributed by atoms with Gasteiger partial charge in [-0.05, 0) is 36.4 Å². The third-order valence-corrected chi connectivity index (χ3v) is 4.10. The van der Waals surface area contributed by atoms with E-state index in [1.54, 1.807) is 30.1 Å². The minimum absolute atomic E-state index is 0.194. The van der Waals surface area contributed by atoms with Crippen molar-refractivity contribution >= 4 is 10.9 Å². The van der Waals surface area contributed by atoms with Crippen LogP contribution in [0.25, 0.3) is 27.8 Å². The fourth-order valence-corrected chi connectivity index (χ4v) is 2.94. The van der Waals surface area contributed by atoms with Crippen molar-refractivity contribution < 1.29 is 9.84 Å². The summed E-state index contributed by atoms with van der Waals surface area (Å²) in [6.07, 6.45) is 3.66. The molecule has 0 fully saturated rings. The summed E-state index contributed by atoms with van der Waals surface area (Å²) in [5.74, 6) is 0.986. The SMILES string of the molecule is COc1ccc(-c2cnnn2-c2cc(O)cc3ccn(C)c23)cc1. The molecule has 120 valence electrons. The Hall–Kier alpha value is -3.28. The lowest BCUT2D eigenvalue weighted by molar-refractivity contribution is 0.415. The van der Waals surface area contributed by atoms with Gasteiger partial charge in [0.1, 0.15) is 11.5 Å². The van der Waals surface area contributed by atoms with E-state index in [0.717, 1.165) is 33.6 Å². The van der Waals surface area contributed by atoms with Crippen molar-refractivity contribution in [2.24, 2.45) is 7.05 Å². The van der Waals surface area contributed by atoms with E-state index < -0.39 is 0 Å². The first-order valence-corrected chi connectivity index (χ1v) is 7.51. The number of methoxy groups -OCH3 is 1. The first kappa shape index (κ1) is 14.3. The van der Waals surface area contributed by atoms with Crippen LogP contribution in [0.5, 0.6) is 11.5 Å². The summed E-state index contributed by atoms with van der Waals surface area (Å²) < 4.78 is 8.95. The minimum atomic E-state index is 0.194. The van der Waals surface area contributed by atoms with Crippen LogP contribution in [0.1, 0.15) is 0 Å². The number of benzene rings is 2. The van der Waals surface area contributed by atoms with Crippen molar-refractivity contribution in [3.63, 3.8) is 0 Å². The molecule has 2 aromatic carbocycles. The second-order valence-corrected chi connectivity index (χ2v) is 5.59. The maximum absolute atomic E-state index is 10.1. The Morgan fingerprint density at radius 2 is 1.88 bits per heavy atom. The van der Waals surface area contributed by atoms with Gasteiger partial charge in [-0.2, -0.15) is 0 Å². The van der Waals surface area contributed by atoms with Crippen LogP contribution in [0.3, 0.4) is 0 Å². The molecule has 6 heteroatoms. The highest BCUT2D eigenvalue weighted by molar-refractivity contribution is 5.90. The summed E-state index contributed by atoms with van der Waals surface area (Å²) in [5, 5.41) is 19.3. The molecule has 0 amide bonds. The molecular weight excluding hydrogens is 304 g/mol. The molecule has 4 aromatic rings. The van der Waals surface area contributed by atoms with Crippen molar-refractivity contribution in [2.75, 3.05) is 7.11 Å². The molecule has 1 N–H and O–H groups in total. The minimum Gasteiger partial charge on any atom is -0.508 e. The zero-order valence-corrected chi connectivity index (χ0v) is 13.3. The maximum atomic E-state index is 10.1. The van der Waals surface area contributed by atoms with E-state index in [-0.39, 0.29) is 5.75 Å². The Balaban J connectivity index is 1.93. The Kier molecular flexibility index (Phi) is 3.23. The Labute approximate surface area is 138 Å². The maximum Gasteiger partial charge on any atom is 0.118 e. The average Bonchev–Trinajstić information content (AvgIpc) is 3.21. The highest BCUT2D eigenvalue weighted by Crippen LogP contribution is 2.31. The van der Waals surface area contributed by atoms with Crippen LogP contribution in [0.4, 0.5) is 0 Å². The number of fused-ring (bicyclic) bond motifs is 1. The van der Waals surface area contributed by atoms with Crippen LogP contribution in [-0.4, -0.2) is 31.8 Å². The van der Waals surface area contributed by atoms with Crippen LogP contribution >= 0.6 is 0 Å². The predicted molar refractivity (Wildman–Crippen MR) is 91.5 cm³/mol. The Bertz CT molecular complexity index is 1020. The lowest BCUT2D eigenvalue weighted by atomic mass is 10.1. The number of nitrogens with zero attached hydrogens (tertiary/aromatic N) is 4. The first-order valence-electron chi connectivity index (χ1n) is 7.51. The van der Waals surface area contributed by atoms with Crippen molar-refractivity contribution in [2.45, 2.75) is 0 Å². The number of rotatable bonds is 3. The zero-order chi connectivity index (χ0) is 16.7. The fraction of sp³-hybridized carbons (Fsp3) is 0.111. The van der Waals surface area contributed by atoms with Crippen molar-refractivity contribution in [1.29, 1.82) is 0 Å². The van der Waals surface area contributed by atoms with Crippen molar-refractivity contribution in [3.05, 3.63) is 54.9 Å². The third-order valence-electron chi connectivity index (χ3n) is 4.10. The number of phenols is 1. The predicted octanol–water partition coefficient (Wildman–Crippen LogP) is 3.14. The summed E-state index contributed by atoms with van der Waals surface area (Å²) in [5.41, 5.74) is 3.56. The van der Waals surface area contributed by atoms with Crippen LogP contribution < -0.4 is 4.74 Å². The molecule has 24 heavy (non-hydrogen) atoms.